The highest BCUT2D eigenvalue weighted by molar-refractivity contribution is 6.33. The third-order valence-electron chi connectivity index (χ3n) is 2.94. The van der Waals surface area contributed by atoms with Gasteiger partial charge in [0, 0.05) is 17.7 Å². The molecule has 0 bridgehead atoms. The summed E-state index contributed by atoms with van der Waals surface area (Å²) in [5.74, 6) is -0.561. The molecule has 3 nitrogen and oxygen atoms in total. The SMILES string of the molecule is NC(=O)c1ccc(Cl)c(NCc2cccc(C(F)F)c2)c1. The largest absolute Gasteiger partial charge is 0.380 e. The molecule has 0 saturated carbocycles. The number of primary amides is 1. The Balaban J connectivity index is 2.14. The number of hydrogen-bond donors (Lipinski definition) is 2. The van der Waals surface area contributed by atoms with Gasteiger partial charge < -0.3 is 11.1 Å². The molecule has 0 aromatic heterocycles. The number of benzene rings is 2. The van der Waals surface area contributed by atoms with Gasteiger partial charge in [-0.15, -0.1) is 0 Å². The van der Waals surface area contributed by atoms with E-state index in [1.54, 1.807) is 18.2 Å². The average molecular weight is 311 g/mol. The van der Waals surface area contributed by atoms with E-state index in [0.717, 1.165) is 0 Å². The quantitative estimate of drug-likeness (QED) is 0.877. The van der Waals surface area contributed by atoms with E-state index in [1.165, 1.54) is 24.3 Å². The second-order valence-corrected chi connectivity index (χ2v) is 4.87. The lowest BCUT2D eigenvalue weighted by Crippen LogP contribution is -2.11. The van der Waals surface area contributed by atoms with Crippen molar-refractivity contribution in [3.05, 3.63) is 64.2 Å². The molecule has 2 aromatic rings. The molecule has 0 aliphatic heterocycles. The number of amides is 1. The minimum atomic E-state index is -2.51. The van der Waals surface area contributed by atoms with E-state index in [4.69, 9.17) is 17.3 Å². The van der Waals surface area contributed by atoms with Crippen LogP contribution in [-0.4, -0.2) is 5.91 Å². The molecule has 0 radical (unpaired) electrons. The minimum Gasteiger partial charge on any atom is -0.380 e. The van der Waals surface area contributed by atoms with Gasteiger partial charge in [-0.05, 0) is 29.8 Å². The van der Waals surface area contributed by atoms with Crippen molar-refractivity contribution in [1.82, 2.24) is 0 Å². The first kappa shape index (κ1) is 15.3. The van der Waals surface area contributed by atoms with Crippen molar-refractivity contribution < 1.29 is 13.6 Å². The second-order valence-electron chi connectivity index (χ2n) is 4.46. The van der Waals surface area contributed by atoms with Crippen LogP contribution in [0.1, 0.15) is 27.9 Å². The molecule has 2 aromatic carbocycles. The molecule has 110 valence electrons. The first-order valence-electron chi connectivity index (χ1n) is 6.17. The molecule has 0 atom stereocenters. The lowest BCUT2D eigenvalue weighted by atomic mass is 10.1. The predicted molar refractivity (Wildman–Crippen MR) is 78.7 cm³/mol. The van der Waals surface area contributed by atoms with Crippen LogP contribution < -0.4 is 11.1 Å². The minimum absolute atomic E-state index is 0.0358. The number of carbonyl (C=O) groups is 1. The van der Waals surface area contributed by atoms with E-state index in [0.29, 0.717) is 28.4 Å². The van der Waals surface area contributed by atoms with Crippen molar-refractivity contribution in [1.29, 1.82) is 0 Å². The van der Waals surface area contributed by atoms with Crippen LogP contribution in [0.25, 0.3) is 0 Å². The molecule has 0 aliphatic carbocycles. The van der Waals surface area contributed by atoms with Crippen molar-refractivity contribution >= 4 is 23.2 Å². The fourth-order valence-corrected chi connectivity index (χ4v) is 2.03. The highest BCUT2D eigenvalue weighted by Crippen LogP contribution is 2.24. The van der Waals surface area contributed by atoms with Crippen LogP contribution in [0.3, 0.4) is 0 Å². The van der Waals surface area contributed by atoms with Gasteiger partial charge in [-0.2, -0.15) is 0 Å². The fraction of sp³-hybridized carbons (Fsp3) is 0.133. The van der Waals surface area contributed by atoms with E-state index >= 15 is 0 Å². The number of nitrogens with two attached hydrogens (primary N) is 1. The molecule has 0 spiro atoms. The predicted octanol–water partition coefficient (Wildman–Crippen LogP) is 3.99. The van der Waals surface area contributed by atoms with Crippen LogP contribution in [0.5, 0.6) is 0 Å². The van der Waals surface area contributed by atoms with Gasteiger partial charge in [0.2, 0.25) is 5.91 Å². The summed E-state index contributed by atoms with van der Waals surface area (Å²) in [7, 11) is 0. The van der Waals surface area contributed by atoms with E-state index in [1.807, 2.05) is 0 Å². The smallest absolute Gasteiger partial charge is 0.263 e. The number of hydrogen-bond acceptors (Lipinski definition) is 2. The van der Waals surface area contributed by atoms with Gasteiger partial charge in [0.25, 0.3) is 6.43 Å². The summed E-state index contributed by atoms with van der Waals surface area (Å²) in [5, 5.41) is 3.43. The number of carbonyl (C=O) groups excluding carboxylic acids is 1. The van der Waals surface area contributed by atoms with Gasteiger partial charge >= 0.3 is 0 Å². The van der Waals surface area contributed by atoms with Crippen LogP contribution >= 0.6 is 11.6 Å². The molecule has 0 unspecified atom stereocenters. The van der Waals surface area contributed by atoms with Crippen LogP contribution in [0, 0.1) is 0 Å². The van der Waals surface area contributed by atoms with Crippen LogP contribution in [0.4, 0.5) is 14.5 Å². The Kier molecular flexibility index (Phi) is 4.75. The first-order valence-corrected chi connectivity index (χ1v) is 6.55. The third-order valence-corrected chi connectivity index (χ3v) is 3.27. The monoisotopic (exact) mass is 310 g/mol. The average Bonchev–Trinajstić information content (AvgIpc) is 2.46. The third kappa shape index (κ3) is 3.92. The molecule has 0 heterocycles. The number of nitrogens with one attached hydrogen (secondary N) is 1. The topological polar surface area (TPSA) is 55.1 Å². The Bertz CT molecular complexity index is 662. The number of halogens is 3. The Morgan fingerprint density at radius 1 is 1.24 bits per heavy atom. The van der Waals surface area contributed by atoms with Crippen LogP contribution in [-0.2, 0) is 6.54 Å². The number of rotatable bonds is 5. The molecule has 0 aliphatic rings. The van der Waals surface area contributed by atoms with Crippen LogP contribution in [0.2, 0.25) is 5.02 Å². The standard InChI is InChI=1S/C15H13ClF2N2O/c16-12-5-4-11(15(19)21)7-13(12)20-8-9-2-1-3-10(6-9)14(17)18/h1-7,14,20H,8H2,(H2,19,21). The summed E-state index contributed by atoms with van der Waals surface area (Å²) in [6, 6.07) is 10.7. The lowest BCUT2D eigenvalue weighted by Gasteiger charge is -2.10. The van der Waals surface area contributed by atoms with E-state index < -0.39 is 12.3 Å². The molecular formula is C15H13ClF2N2O. The Hall–Kier alpha value is -2.14. The first-order chi connectivity index (χ1) is 9.97. The molecule has 2 rings (SSSR count). The zero-order chi connectivity index (χ0) is 15.4. The molecular weight excluding hydrogens is 298 g/mol. The number of anilines is 1. The lowest BCUT2D eigenvalue weighted by molar-refractivity contribution is 0.100. The highest BCUT2D eigenvalue weighted by Gasteiger charge is 2.08. The zero-order valence-corrected chi connectivity index (χ0v) is 11.7. The van der Waals surface area contributed by atoms with Gasteiger partial charge in [0.1, 0.15) is 0 Å². The fourth-order valence-electron chi connectivity index (χ4n) is 1.85. The normalized spacial score (nSPS) is 10.7. The van der Waals surface area contributed by atoms with E-state index in [2.05, 4.69) is 5.32 Å². The van der Waals surface area contributed by atoms with Crippen molar-refractivity contribution in [3.8, 4) is 0 Å². The summed E-state index contributed by atoms with van der Waals surface area (Å²) in [6.07, 6.45) is -2.51. The number of alkyl halides is 2. The Labute approximate surface area is 125 Å². The van der Waals surface area contributed by atoms with Crippen LogP contribution in [0.15, 0.2) is 42.5 Å². The summed E-state index contributed by atoms with van der Waals surface area (Å²) >= 11 is 6.01. The zero-order valence-electron chi connectivity index (χ0n) is 10.9. The van der Waals surface area contributed by atoms with Gasteiger partial charge in [0.05, 0.1) is 10.7 Å². The summed E-state index contributed by atoms with van der Waals surface area (Å²) in [4.78, 5) is 11.1. The van der Waals surface area contributed by atoms with Gasteiger partial charge in [0.15, 0.2) is 0 Å². The molecule has 0 fully saturated rings. The maximum Gasteiger partial charge on any atom is 0.263 e. The maximum atomic E-state index is 12.6. The van der Waals surface area contributed by atoms with Crippen molar-refractivity contribution in [3.63, 3.8) is 0 Å². The Morgan fingerprint density at radius 2 is 2.00 bits per heavy atom. The molecule has 21 heavy (non-hydrogen) atoms. The Morgan fingerprint density at radius 3 is 2.67 bits per heavy atom. The molecule has 1 amide bonds. The van der Waals surface area contributed by atoms with Crippen molar-refractivity contribution in [2.24, 2.45) is 5.73 Å². The highest BCUT2D eigenvalue weighted by atomic mass is 35.5. The summed E-state index contributed by atoms with van der Waals surface area (Å²) in [6.45, 7) is 0.308. The molecule has 3 N–H and O–H groups in total. The maximum absolute atomic E-state index is 12.6. The molecule has 6 heteroatoms. The van der Waals surface area contributed by atoms with Crippen molar-refractivity contribution in [2.45, 2.75) is 13.0 Å². The summed E-state index contributed by atoms with van der Waals surface area (Å²) < 4.78 is 25.2. The molecule has 0 saturated heterocycles. The second kappa shape index (κ2) is 6.54. The van der Waals surface area contributed by atoms with Gasteiger partial charge in [-0.3, -0.25) is 4.79 Å². The summed E-state index contributed by atoms with van der Waals surface area (Å²) in [5.41, 5.74) is 6.70. The van der Waals surface area contributed by atoms with Gasteiger partial charge in [-0.1, -0.05) is 29.8 Å². The van der Waals surface area contributed by atoms with Gasteiger partial charge in [-0.25, -0.2) is 8.78 Å². The van der Waals surface area contributed by atoms with E-state index in [-0.39, 0.29) is 5.56 Å². The van der Waals surface area contributed by atoms with Crippen molar-refractivity contribution in [2.75, 3.05) is 5.32 Å². The van der Waals surface area contributed by atoms with E-state index in [9.17, 15) is 13.6 Å².